The van der Waals surface area contributed by atoms with Gasteiger partial charge in [-0.15, -0.1) is 0 Å². The summed E-state index contributed by atoms with van der Waals surface area (Å²) in [5.74, 6) is 0.757. The average Bonchev–Trinajstić information content (AvgIpc) is 3.30. The van der Waals surface area contributed by atoms with Crippen molar-refractivity contribution in [1.82, 2.24) is 20.1 Å². The Bertz CT molecular complexity index is 1190. The minimum atomic E-state index is -0.386. The van der Waals surface area contributed by atoms with E-state index in [2.05, 4.69) is 53.0 Å². The number of carbonyl (C=O) groups is 1. The third-order valence-corrected chi connectivity index (χ3v) is 5.19. The first-order valence-electron chi connectivity index (χ1n) is 10.8. The second-order valence-electron chi connectivity index (χ2n) is 8.12. The van der Waals surface area contributed by atoms with Gasteiger partial charge in [-0.25, -0.2) is 9.67 Å². The van der Waals surface area contributed by atoms with Crippen LogP contribution in [0.1, 0.15) is 48.4 Å². The molecule has 0 fully saturated rings. The number of nitrogens with zero attached hydrogens (tertiary/aromatic N) is 4. The normalized spacial score (nSPS) is 12.8. The SMILES string of the molecule is C=CC=N/C(=C\N)C(C)NC(=O)c1cc(-c2ccc(C)cc2)cc(-n2ncnc2C(C)C)c1. The maximum atomic E-state index is 13.2. The van der Waals surface area contributed by atoms with Gasteiger partial charge in [0.05, 0.1) is 17.4 Å². The fourth-order valence-corrected chi connectivity index (χ4v) is 3.41. The molecule has 1 aromatic heterocycles. The van der Waals surface area contributed by atoms with E-state index in [9.17, 15) is 4.79 Å². The molecule has 0 aliphatic heterocycles. The lowest BCUT2D eigenvalue weighted by atomic mass is 10.00. The first-order valence-corrected chi connectivity index (χ1v) is 10.8. The standard InChI is InChI=1S/C26H30N6O/c1-6-11-28-24(15-27)19(5)31-26(33)22-12-21(20-9-7-18(4)8-10-20)13-23(14-22)32-25(17(2)3)29-16-30-32/h6-17,19H,1,27H2,2-5H3,(H,31,33)/b24-15-,28-11?. The highest BCUT2D eigenvalue weighted by molar-refractivity contribution is 5.96. The topological polar surface area (TPSA) is 98.2 Å². The molecular formula is C26H30N6O. The Morgan fingerprint density at radius 3 is 2.52 bits per heavy atom. The fourth-order valence-electron chi connectivity index (χ4n) is 3.41. The van der Waals surface area contributed by atoms with Gasteiger partial charge < -0.3 is 11.1 Å². The summed E-state index contributed by atoms with van der Waals surface area (Å²) in [5, 5.41) is 7.39. The molecule has 0 saturated carbocycles. The lowest BCUT2D eigenvalue weighted by Crippen LogP contribution is -2.34. The van der Waals surface area contributed by atoms with E-state index in [0.29, 0.717) is 11.3 Å². The highest BCUT2D eigenvalue weighted by Crippen LogP contribution is 2.26. The molecule has 0 aliphatic carbocycles. The molecule has 0 radical (unpaired) electrons. The minimum Gasteiger partial charge on any atom is -0.403 e. The summed E-state index contributed by atoms with van der Waals surface area (Å²) in [7, 11) is 0. The summed E-state index contributed by atoms with van der Waals surface area (Å²) in [4.78, 5) is 21.9. The van der Waals surface area contributed by atoms with Crippen molar-refractivity contribution in [3.05, 3.63) is 90.3 Å². The molecule has 0 bridgehead atoms. The molecule has 7 nitrogen and oxygen atoms in total. The van der Waals surface area contributed by atoms with Crippen LogP contribution in [0.2, 0.25) is 0 Å². The average molecular weight is 443 g/mol. The highest BCUT2D eigenvalue weighted by atomic mass is 16.1. The van der Waals surface area contributed by atoms with E-state index in [1.807, 2.05) is 44.2 Å². The van der Waals surface area contributed by atoms with Crippen LogP contribution >= 0.6 is 0 Å². The Labute approximate surface area is 194 Å². The maximum absolute atomic E-state index is 13.2. The van der Waals surface area contributed by atoms with Crippen molar-refractivity contribution in [2.75, 3.05) is 0 Å². The lowest BCUT2D eigenvalue weighted by molar-refractivity contribution is 0.0945. The van der Waals surface area contributed by atoms with Gasteiger partial charge in [0.25, 0.3) is 5.91 Å². The molecule has 0 saturated heterocycles. The van der Waals surface area contributed by atoms with Crippen molar-refractivity contribution in [3.63, 3.8) is 0 Å². The second-order valence-corrected chi connectivity index (χ2v) is 8.12. The summed E-state index contributed by atoms with van der Waals surface area (Å²) in [5.41, 5.74) is 10.6. The number of carbonyl (C=O) groups excluding carboxylic acids is 1. The van der Waals surface area contributed by atoms with E-state index >= 15 is 0 Å². The molecule has 0 aliphatic rings. The summed E-state index contributed by atoms with van der Waals surface area (Å²) >= 11 is 0. The number of aryl methyl sites for hydroxylation is 1. The first-order chi connectivity index (χ1) is 15.8. The summed E-state index contributed by atoms with van der Waals surface area (Å²) < 4.78 is 1.78. The van der Waals surface area contributed by atoms with E-state index in [-0.39, 0.29) is 17.9 Å². The molecule has 3 N–H and O–H groups in total. The van der Waals surface area contributed by atoms with Gasteiger partial charge in [0.15, 0.2) is 0 Å². The van der Waals surface area contributed by atoms with Crippen molar-refractivity contribution in [2.24, 2.45) is 10.7 Å². The number of aliphatic imine (C=N–C) groups is 1. The number of nitrogens with one attached hydrogen (secondary N) is 1. The number of aromatic nitrogens is 3. The monoisotopic (exact) mass is 442 g/mol. The number of amides is 1. The van der Waals surface area contributed by atoms with Gasteiger partial charge in [0.2, 0.25) is 0 Å². The second kappa shape index (κ2) is 10.5. The van der Waals surface area contributed by atoms with Crippen LogP contribution in [-0.4, -0.2) is 32.9 Å². The fraction of sp³-hybridized carbons (Fsp3) is 0.231. The van der Waals surface area contributed by atoms with E-state index in [4.69, 9.17) is 5.73 Å². The highest BCUT2D eigenvalue weighted by Gasteiger charge is 2.17. The van der Waals surface area contributed by atoms with Crippen molar-refractivity contribution >= 4 is 12.1 Å². The van der Waals surface area contributed by atoms with Crippen LogP contribution in [0, 0.1) is 6.92 Å². The number of hydrogen-bond acceptors (Lipinski definition) is 5. The number of nitrogens with two attached hydrogens (primary N) is 1. The Balaban J connectivity index is 2.04. The third kappa shape index (κ3) is 5.63. The van der Waals surface area contributed by atoms with Gasteiger partial charge in [0.1, 0.15) is 12.2 Å². The molecule has 1 atom stereocenters. The van der Waals surface area contributed by atoms with Crippen molar-refractivity contribution in [3.8, 4) is 16.8 Å². The quantitative estimate of drug-likeness (QED) is 0.500. The molecular weight excluding hydrogens is 412 g/mol. The van der Waals surface area contributed by atoms with Crippen LogP contribution in [0.25, 0.3) is 16.8 Å². The zero-order chi connectivity index (χ0) is 24.0. The molecule has 3 aromatic rings. The van der Waals surface area contributed by atoms with Crippen LogP contribution in [0.5, 0.6) is 0 Å². The zero-order valence-corrected chi connectivity index (χ0v) is 19.5. The predicted molar refractivity (Wildman–Crippen MR) is 134 cm³/mol. The summed E-state index contributed by atoms with van der Waals surface area (Å²) in [6.07, 6.45) is 6.00. The van der Waals surface area contributed by atoms with Gasteiger partial charge in [-0.2, -0.15) is 5.10 Å². The van der Waals surface area contributed by atoms with E-state index < -0.39 is 0 Å². The third-order valence-electron chi connectivity index (χ3n) is 5.19. The number of hydrogen-bond donors (Lipinski definition) is 2. The summed E-state index contributed by atoms with van der Waals surface area (Å²) in [6, 6.07) is 13.5. The molecule has 33 heavy (non-hydrogen) atoms. The van der Waals surface area contributed by atoms with E-state index in [0.717, 1.165) is 22.6 Å². The molecule has 1 unspecified atom stereocenters. The Morgan fingerprint density at radius 1 is 1.15 bits per heavy atom. The van der Waals surface area contributed by atoms with Gasteiger partial charge in [-0.05, 0) is 43.2 Å². The molecule has 7 heteroatoms. The first kappa shape index (κ1) is 23.7. The van der Waals surface area contributed by atoms with Gasteiger partial charge in [0, 0.05) is 23.9 Å². The van der Waals surface area contributed by atoms with Gasteiger partial charge in [-0.1, -0.05) is 56.3 Å². The van der Waals surface area contributed by atoms with Crippen molar-refractivity contribution in [1.29, 1.82) is 0 Å². The van der Waals surface area contributed by atoms with Crippen LogP contribution in [0.3, 0.4) is 0 Å². The van der Waals surface area contributed by atoms with Crippen LogP contribution in [0.4, 0.5) is 0 Å². The van der Waals surface area contributed by atoms with Crippen LogP contribution < -0.4 is 11.1 Å². The minimum absolute atomic E-state index is 0.174. The number of benzene rings is 2. The van der Waals surface area contributed by atoms with E-state index in [1.165, 1.54) is 24.3 Å². The number of allylic oxidation sites excluding steroid dienone is 1. The van der Waals surface area contributed by atoms with Gasteiger partial charge >= 0.3 is 0 Å². The molecule has 0 spiro atoms. The smallest absolute Gasteiger partial charge is 0.251 e. The Kier molecular flexibility index (Phi) is 7.56. The molecule has 1 heterocycles. The molecule has 2 aromatic carbocycles. The molecule has 3 rings (SSSR count). The molecule has 170 valence electrons. The number of rotatable bonds is 8. The van der Waals surface area contributed by atoms with Crippen molar-refractivity contribution in [2.45, 2.75) is 39.7 Å². The predicted octanol–water partition coefficient (Wildman–Crippen LogP) is 4.54. The van der Waals surface area contributed by atoms with Crippen molar-refractivity contribution < 1.29 is 4.79 Å². The lowest BCUT2D eigenvalue weighted by Gasteiger charge is -2.16. The maximum Gasteiger partial charge on any atom is 0.251 e. The van der Waals surface area contributed by atoms with Crippen LogP contribution in [0.15, 0.2) is 78.3 Å². The van der Waals surface area contributed by atoms with E-state index in [1.54, 1.807) is 10.8 Å². The Hall–Kier alpha value is -4.00. The molecule has 1 amide bonds. The van der Waals surface area contributed by atoms with Gasteiger partial charge in [-0.3, -0.25) is 9.79 Å². The largest absolute Gasteiger partial charge is 0.403 e. The summed E-state index contributed by atoms with van der Waals surface area (Å²) in [6.45, 7) is 11.6. The zero-order valence-electron chi connectivity index (χ0n) is 19.5. The van der Waals surface area contributed by atoms with Crippen LogP contribution in [-0.2, 0) is 0 Å². The Morgan fingerprint density at radius 2 is 1.88 bits per heavy atom.